The van der Waals surface area contributed by atoms with Crippen molar-refractivity contribution in [1.82, 2.24) is 0 Å². The first-order valence-electron chi connectivity index (χ1n) is 7.63. The molecule has 0 unspecified atom stereocenters. The minimum absolute atomic E-state index is 0. The minimum atomic E-state index is -5.42. The third-order valence-electron chi connectivity index (χ3n) is 4.35. The molecule has 0 saturated carbocycles. The van der Waals surface area contributed by atoms with Crippen LogP contribution in [-0.4, -0.2) is 109 Å². The fourth-order valence-electron chi connectivity index (χ4n) is 3.10. The molecule has 1 aliphatic rings. The number of benzene rings is 2. The summed E-state index contributed by atoms with van der Waals surface area (Å²) in [5.41, 5.74) is -8.51. The van der Waals surface area contributed by atoms with Gasteiger partial charge in [-0.25, -0.2) is 0 Å². The third-order valence-corrected chi connectivity index (χ3v) is 6.08. The third kappa shape index (κ3) is 4.17. The Morgan fingerprint density at radius 2 is 0.939 bits per heavy atom. The molecule has 2 aromatic carbocycles. The number of carbonyl (C=O) groups is 2. The zero-order valence-electron chi connectivity index (χ0n) is 15.7. The molecule has 0 heterocycles. The number of phenols is 2. The Hall–Kier alpha value is -2.36. The number of ketones is 2. The summed E-state index contributed by atoms with van der Waals surface area (Å²) >= 11 is 0. The van der Waals surface area contributed by atoms with Crippen LogP contribution in [-0.2, 0) is 20.2 Å². The van der Waals surface area contributed by atoms with Crippen LogP contribution in [0.3, 0.4) is 0 Å². The van der Waals surface area contributed by atoms with E-state index >= 15 is 0 Å². The quantitative estimate of drug-likeness (QED) is 0.147. The predicted molar refractivity (Wildman–Crippen MR) is 102 cm³/mol. The number of hydrogen-bond acceptors (Lipinski definition) is 12. The van der Waals surface area contributed by atoms with Gasteiger partial charge in [-0.15, -0.1) is 0 Å². The van der Waals surface area contributed by atoms with Crippen molar-refractivity contribution in [3.63, 3.8) is 0 Å². The van der Waals surface area contributed by atoms with Gasteiger partial charge in [-0.1, -0.05) is 0 Å². The largest absolute Gasteiger partial charge is 0.506 e. The smallest absolute Gasteiger partial charge is 0.298 e. The van der Waals surface area contributed by atoms with Gasteiger partial charge in [-0.2, -0.15) is 16.8 Å². The topological polar surface area (TPSA) is 270 Å². The van der Waals surface area contributed by atoms with Crippen LogP contribution in [0.2, 0.25) is 0 Å². The summed E-state index contributed by atoms with van der Waals surface area (Å²) in [5.74, 6) is -6.90. The normalized spacial score (nSPS) is 13.0. The van der Waals surface area contributed by atoms with E-state index in [2.05, 4.69) is 0 Å². The molecule has 4 N–H and O–H groups in total. The van der Waals surface area contributed by atoms with Crippen LogP contribution >= 0.6 is 0 Å². The Morgan fingerprint density at radius 1 is 0.667 bits per heavy atom. The number of nitro benzene ring substituents is 2. The van der Waals surface area contributed by atoms with Crippen LogP contribution in [0, 0.1) is 20.2 Å². The van der Waals surface area contributed by atoms with Crippen molar-refractivity contribution < 1.29 is 55.6 Å². The van der Waals surface area contributed by atoms with Gasteiger partial charge in [0, 0.05) is 63.5 Å². The van der Waals surface area contributed by atoms with Crippen LogP contribution in [0.4, 0.5) is 11.4 Å². The molecule has 0 saturated heterocycles. The standard InChI is InChI=1S/C14H6N2O14S2.K/c17-11-5(31(25,26)27)1-3(15(21)22)7-9(11)14(20)8-4(16(23)24)2-6(32(28,29)30)12(18)10(8)13(7)19;/h1-2,17-18H,(H,25,26,27)(H,28,29,30);. The van der Waals surface area contributed by atoms with Crippen molar-refractivity contribution in [1.29, 1.82) is 0 Å². The van der Waals surface area contributed by atoms with E-state index in [-0.39, 0.29) is 63.5 Å². The first-order chi connectivity index (χ1) is 14.5. The Kier molecular flexibility index (Phi) is 6.88. The average Bonchev–Trinajstić information content (AvgIpc) is 2.62. The van der Waals surface area contributed by atoms with Crippen molar-refractivity contribution in [2.24, 2.45) is 0 Å². The van der Waals surface area contributed by atoms with Gasteiger partial charge in [-0.05, 0) is 0 Å². The van der Waals surface area contributed by atoms with E-state index < -0.39 is 96.6 Å². The molecule has 3 rings (SSSR count). The zero-order chi connectivity index (χ0) is 24.5. The summed E-state index contributed by atoms with van der Waals surface area (Å²) in [6.45, 7) is 0. The number of hydrogen-bond donors (Lipinski definition) is 4. The Morgan fingerprint density at radius 3 is 1.15 bits per heavy atom. The van der Waals surface area contributed by atoms with Gasteiger partial charge in [0.2, 0.25) is 11.6 Å². The van der Waals surface area contributed by atoms with E-state index in [9.17, 15) is 66.0 Å². The van der Waals surface area contributed by atoms with Crippen molar-refractivity contribution in [3.8, 4) is 11.5 Å². The second kappa shape index (κ2) is 8.45. The average molecular weight is 529 g/mol. The molecule has 0 bridgehead atoms. The Labute approximate surface area is 224 Å². The van der Waals surface area contributed by atoms with E-state index in [0.29, 0.717) is 0 Å². The molecular formula is C14H6KN2O14S2. The van der Waals surface area contributed by atoms with Crippen molar-refractivity contribution in [3.05, 3.63) is 54.6 Å². The maximum atomic E-state index is 12.9. The zero-order valence-corrected chi connectivity index (χ0v) is 20.5. The number of aromatic hydroxyl groups is 2. The number of phenolic OH excluding ortho intramolecular Hbond substituents is 2. The molecule has 0 aliphatic heterocycles. The van der Waals surface area contributed by atoms with Gasteiger partial charge in [-0.3, -0.25) is 38.9 Å². The van der Waals surface area contributed by atoms with E-state index in [4.69, 9.17) is 0 Å². The van der Waals surface area contributed by atoms with Crippen LogP contribution < -0.4 is 0 Å². The molecular weight excluding hydrogens is 523 g/mol. The van der Waals surface area contributed by atoms with Crippen LogP contribution in [0.25, 0.3) is 0 Å². The van der Waals surface area contributed by atoms with Crippen molar-refractivity contribution >= 4 is 94.6 Å². The molecule has 0 atom stereocenters. The monoisotopic (exact) mass is 529 g/mol. The van der Waals surface area contributed by atoms with Gasteiger partial charge in [0.25, 0.3) is 31.6 Å². The molecule has 0 spiro atoms. The van der Waals surface area contributed by atoms with Gasteiger partial charge < -0.3 is 10.2 Å². The summed E-state index contributed by atoms with van der Waals surface area (Å²) in [5, 5.41) is 43.1. The fourth-order valence-corrected chi connectivity index (χ4v) is 4.32. The van der Waals surface area contributed by atoms with E-state index in [0.717, 1.165) is 0 Å². The summed E-state index contributed by atoms with van der Waals surface area (Å²) < 4.78 is 64.2. The summed E-state index contributed by atoms with van der Waals surface area (Å²) in [7, 11) is -10.8. The van der Waals surface area contributed by atoms with E-state index in [1.807, 2.05) is 0 Å². The van der Waals surface area contributed by atoms with Gasteiger partial charge in [0.1, 0.15) is 32.4 Å². The minimum Gasteiger partial charge on any atom is -0.506 e. The van der Waals surface area contributed by atoms with Crippen molar-refractivity contribution in [2.45, 2.75) is 9.79 Å². The molecule has 0 fully saturated rings. The number of nitro groups is 2. The first-order valence-corrected chi connectivity index (χ1v) is 10.5. The Balaban J connectivity index is 0.00000385. The van der Waals surface area contributed by atoms with Gasteiger partial charge in [0.15, 0.2) is 0 Å². The van der Waals surface area contributed by atoms with Gasteiger partial charge in [0.05, 0.1) is 21.0 Å². The maximum absolute atomic E-state index is 12.9. The van der Waals surface area contributed by atoms with E-state index in [1.54, 1.807) is 0 Å². The molecule has 33 heavy (non-hydrogen) atoms. The molecule has 0 amide bonds. The predicted octanol–water partition coefficient (Wildman–Crippen LogP) is -0.198. The van der Waals surface area contributed by atoms with E-state index in [1.165, 1.54) is 0 Å². The number of fused-ring (bicyclic) bond motifs is 2. The molecule has 19 heteroatoms. The van der Waals surface area contributed by atoms with Gasteiger partial charge >= 0.3 is 0 Å². The molecule has 16 nitrogen and oxygen atoms in total. The first kappa shape index (κ1) is 26.9. The molecule has 0 aromatic heterocycles. The molecule has 169 valence electrons. The van der Waals surface area contributed by atoms with Crippen LogP contribution in [0.15, 0.2) is 21.9 Å². The Bertz CT molecular complexity index is 1410. The number of carbonyl (C=O) groups excluding carboxylic acids is 2. The fraction of sp³-hybridized carbons (Fsp3) is 0. The number of rotatable bonds is 4. The summed E-state index contributed by atoms with van der Waals surface area (Å²) in [4.78, 5) is 42.7. The summed E-state index contributed by atoms with van der Waals surface area (Å²) in [6, 6.07) is 0.0234. The molecule has 1 radical (unpaired) electrons. The van der Waals surface area contributed by atoms with Crippen LogP contribution in [0.1, 0.15) is 31.8 Å². The molecule has 1 aliphatic carbocycles. The summed E-state index contributed by atoms with van der Waals surface area (Å²) in [6.07, 6.45) is 0. The second-order valence-electron chi connectivity index (χ2n) is 6.11. The number of nitrogens with zero attached hydrogens (tertiary/aromatic N) is 2. The maximum Gasteiger partial charge on any atom is 0.298 e. The van der Waals surface area contributed by atoms with Crippen molar-refractivity contribution in [2.75, 3.05) is 0 Å². The SMILES string of the molecule is O=C1c2c([N+](=O)[O-])cc(S(=O)(=O)O)c(O)c2C(=O)c2c([N+](=O)[O-])cc(S(=O)(=O)O)c(O)c21.[K]. The second-order valence-corrected chi connectivity index (χ2v) is 8.89. The molecule has 2 aromatic rings. The van der Waals surface area contributed by atoms with Crippen LogP contribution in [0.5, 0.6) is 11.5 Å².